The fraction of sp³-hybridized carbons (Fsp3) is 0.0833. The zero-order chi connectivity index (χ0) is 24.7. The van der Waals surface area contributed by atoms with E-state index >= 15 is 0 Å². The summed E-state index contributed by atoms with van der Waals surface area (Å²) in [6, 6.07) is 13.3. The minimum atomic E-state index is -3.42. The van der Waals surface area contributed by atoms with E-state index < -0.39 is 15.7 Å². The SMILES string of the molecule is Cc1cc(C(=O)Nc2ccc(-c3ccccc3S(C)(=O)=O)cn2)n(-c2coc3ccnc(N)c23)n1. The lowest BCUT2D eigenvalue weighted by Crippen LogP contribution is -2.17. The van der Waals surface area contributed by atoms with E-state index in [1.807, 2.05) is 0 Å². The maximum Gasteiger partial charge on any atom is 0.275 e. The summed E-state index contributed by atoms with van der Waals surface area (Å²) in [4.78, 5) is 21.7. The number of hydrogen-bond donors (Lipinski definition) is 2. The second kappa shape index (κ2) is 8.37. The van der Waals surface area contributed by atoms with E-state index in [1.165, 1.54) is 23.3 Å². The molecule has 5 rings (SSSR count). The number of anilines is 2. The highest BCUT2D eigenvalue weighted by Crippen LogP contribution is 2.30. The van der Waals surface area contributed by atoms with Crippen molar-refractivity contribution in [3.8, 4) is 16.8 Å². The Morgan fingerprint density at radius 3 is 2.66 bits per heavy atom. The number of carbonyl (C=O) groups excluding carboxylic acids is 1. The normalized spacial score (nSPS) is 11.6. The third-order valence-electron chi connectivity index (χ3n) is 5.39. The molecule has 0 bridgehead atoms. The van der Waals surface area contributed by atoms with Gasteiger partial charge in [-0.3, -0.25) is 4.79 Å². The van der Waals surface area contributed by atoms with Crippen molar-refractivity contribution in [2.24, 2.45) is 0 Å². The van der Waals surface area contributed by atoms with Crippen LogP contribution in [0.5, 0.6) is 0 Å². The van der Waals surface area contributed by atoms with Crippen LogP contribution >= 0.6 is 0 Å². The van der Waals surface area contributed by atoms with Crippen LogP contribution in [0.4, 0.5) is 11.6 Å². The Balaban J connectivity index is 1.45. The number of hydrogen-bond acceptors (Lipinski definition) is 8. The fourth-order valence-electron chi connectivity index (χ4n) is 3.83. The topological polar surface area (TPSA) is 146 Å². The largest absolute Gasteiger partial charge is 0.462 e. The van der Waals surface area contributed by atoms with Crippen molar-refractivity contribution in [3.63, 3.8) is 0 Å². The van der Waals surface area contributed by atoms with Gasteiger partial charge in [0.2, 0.25) is 0 Å². The first-order chi connectivity index (χ1) is 16.7. The third-order valence-corrected chi connectivity index (χ3v) is 6.55. The van der Waals surface area contributed by atoms with Crippen molar-refractivity contribution in [2.45, 2.75) is 11.8 Å². The molecule has 0 fully saturated rings. The molecular weight excluding hydrogens is 468 g/mol. The maximum atomic E-state index is 13.1. The maximum absolute atomic E-state index is 13.1. The van der Waals surface area contributed by atoms with Crippen molar-refractivity contribution in [1.82, 2.24) is 19.7 Å². The second-order valence-corrected chi connectivity index (χ2v) is 9.91. The standard InChI is InChI=1S/C24H20N6O4S/c1-14-11-17(30(29-14)18-13-34-19-9-10-26-23(25)22(18)19)24(31)28-21-8-7-15(12-27-21)16-5-3-4-6-20(16)35(2,32)33/h3-13H,1-2H3,(H2,25,26)(H,27,28,31). The van der Waals surface area contributed by atoms with Gasteiger partial charge in [0.25, 0.3) is 5.91 Å². The summed E-state index contributed by atoms with van der Waals surface area (Å²) < 4.78 is 31.3. The highest BCUT2D eigenvalue weighted by Gasteiger charge is 2.21. The van der Waals surface area contributed by atoms with Gasteiger partial charge >= 0.3 is 0 Å². The summed E-state index contributed by atoms with van der Waals surface area (Å²) in [5, 5.41) is 7.73. The highest BCUT2D eigenvalue weighted by atomic mass is 32.2. The number of benzene rings is 1. The zero-order valence-corrected chi connectivity index (χ0v) is 19.6. The summed E-state index contributed by atoms with van der Waals surface area (Å²) in [6.07, 6.45) is 5.68. The Morgan fingerprint density at radius 1 is 1.11 bits per heavy atom. The fourth-order valence-corrected chi connectivity index (χ4v) is 4.74. The Labute approximate surface area is 200 Å². The number of nitrogens with one attached hydrogen (secondary N) is 1. The molecule has 5 aromatic rings. The molecule has 1 amide bonds. The second-order valence-electron chi connectivity index (χ2n) is 7.93. The average Bonchev–Trinajstić information content (AvgIpc) is 3.43. The average molecular weight is 489 g/mol. The number of amides is 1. The van der Waals surface area contributed by atoms with Crippen molar-refractivity contribution in [3.05, 3.63) is 78.6 Å². The number of aryl methyl sites for hydroxylation is 1. The lowest BCUT2D eigenvalue weighted by molar-refractivity contribution is 0.101. The van der Waals surface area contributed by atoms with Gasteiger partial charge < -0.3 is 15.5 Å². The monoisotopic (exact) mass is 488 g/mol. The van der Waals surface area contributed by atoms with Crippen molar-refractivity contribution in [1.29, 1.82) is 0 Å². The van der Waals surface area contributed by atoms with E-state index in [9.17, 15) is 13.2 Å². The number of sulfone groups is 1. The first-order valence-electron chi connectivity index (χ1n) is 10.5. The van der Waals surface area contributed by atoms with Crippen LogP contribution in [-0.2, 0) is 9.84 Å². The van der Waals surface area contributed by atoms with Crippen molar-refractivity contribution >= 4 is 38.3 Å². The van der Waals surface area contributed by atoms with Gasteiger partial charge in [0, 0.05) is 29.8 Å². The predicted molar refractivity (Wildman–Crippen MR) is 131 cm³/mol. The van der Waals surface area contributed by atoms with Gasteiger partial charge in [-0.2, -0.15) is 5.10 Å². The van der Waals surface area contributed by atoms with Crippen LogP contribution in [-0.4, -0.2) is 40.3 Å². The van der Waals surface area contributed by atoms with Gasteiger partial charge in [-0.15, -0.1) is 0 Å². The third kappa shape index (κ3) is 4.13. The van der Waals surface area contributed by atoms with Gasteiger partial charge in [0.05, 0.1) is 16.0 Å². The summed E-state index contributed by atoms with van der Waals surface area (Å²) >= 11 is 0. The molecule has 176 valence electrons. The molecule has 10 nitrogen and oxygen atoms in total. The molecule has 0 spiro atoms. The molecular formula is C24H20N6O4S. The molecule has 0 aliphatic rings. The molecule has 0 saturated heterocycles. The smallest absolute Gasteiger partial charge is 0.275 e. The number of aromatic nitrogens is 4. The van der Waals surface area contributed by atoms with E-state index in [0.29, 0.717) is 39.3 Å². The van der Waals surface area contributed by atoms with Crippen LogP contribution in [0, 0.1) is 6.92 Å². The highest BCUT2D eigenvalue weighted by molar-refractivity contribution is 7.90. The Morgan fingerprint density at radius 2 is 1.91 bits per heavy atom. The van der Waals surface area contributed by atoms with E-state index in [0.717, 1.165) is 6.26 Å². The number of nitrogens with two attached hydrogens (primary N) is 1. The molecule has 0 radical (unpaired) electrons. The minimum absolute atomic E-state index is 0.207. The number of nitrogen functional groups attached to an aromatic ring is 1. The first-order valence-corrected chi connectivity index (χ1v) is 12.4. The Kier molecular flexibility index (Phi) is 5.33. The van der Waals surface area contributed by atoms with Gasteiger partial charge in [-0.1, -0.05) is 18.2 Å². The number of fused-ring (bicyclic) bond motifs is 1. The molecule has 3 N–H and O–H groups in total. The Bertz CT molecular complexity index is 1690. The number of rotatable bonds is 5. The van der Waals surface area contributed by atoms with E-state index in [4.69, 9.17) is 10.2 Å². The lowest BCUT2D eigenvalue weighted by Gasteiger charge is -2.10. The van der Waals surface area contributed by atoms with E-state index in [2.05, 4.69) is 20.4 Å². The predicted octanol–water partition coefficient (Wildman–Crippen LogP) is 3.62. The van der Waals surface area contributed by atoms with Crippen LogP contribution in [0.15, 0.2) is 76.5 Å². The number of pyridine rings is 2. The summed E-state index contributed by atoms with van der Waals surface area (Å²) in [6.45, 7) is 1.77. The molecule has 1 aromatic carbocycles. The minimum Gasteiger partial charge on any atom is -0.462 e. The molecule has 35 heavy (non-hydrogen) atoms. The lowest BCUT2D eigenvalue weighted by atomic mass is 10.1. The Hall–Kier alpha value is -4.51. The van der Waals surface area contributed by atoms with Crippen LogP contribution < -0.4 is 11.1 Å². The van der Waals surface area contributed by atoms with E-state index in [-0.39, 0.29) is 16.4 Å². The van der Waals surface area contributed by atoms with Gasteiger partial charge in [0.1, 0.15) is 34.9 Å². The number of furan rings is 1. The van der Waals surface area contributed by atoms with Crippen LogP contribution in [0.1, 0.15) is 16.2 Å². The summed E-state index contributed by atoms with van der Waals surface area (Å²) in [5.41, 5.74) is 9.06. The molecule has 0 saturated carbocycles. The van der Waals surface area contributed by atoms with Crippen molar-refractivity contribution in [2.75, 3.05) is 17.3 Å². The summed E-state index contributed by atoms with van der Waals surface area (Å²) in [7, 11) is -3.42. The molecule has 0 atom stereocenters. The quantitative estimate of drug-likeness (QED) is 0.381. The van der Waals surface area contributed by atoms with Gasteiger partial charge in [-0.05, 0) is 37.3 Å². The van der Waals surface area contributed by atoms with Crippen LogP contribution in [0.2, 0.25) is 0 Å². The summed E-state index contributed by atoms with van der Waals surface area (Å²) in [5.74, 6) is 0.107. The molecule has 0 aliphatic heterocycles. The van der Waals surface area contributed by atoms with Gasteiger partial charge in [-0.25, -0.2) is 23.1 Å². The van der Waals surface area contributed by atoms with Crippen molar-refractivity contribution < 1.29 is 17.6 Å². The van der Waals surface area contributed by atoms with Crippen LogP contribution in [0.3, 0.4) is 0 Å². The molecule has 0 aliphatic carbocycles. The molecule has 0 unspecified atom stereocenters. The van der Waals surface area contributed by atoms with E-state index in [1.54, 1.807) is 55.5 Å². The van der Waals surface area contributed by atoms with Gasteiger partial charge in [0.15, 0.2) is 9.84 Å². The van der Waals surface area contributed by atoms with Crippen LogP contribution in [0.25, 0.3) is 27.8 Å². The molecule has 4 aromatic heterocycles. The molecule has 4 heterocycles. The first kappa shape index (κ1) is 22.3. The zero-order valence-electron chi connectivity index (χ0n) is 18.8. The molecule has 11 heteroatoms. The number of carbonyl (C=O) groups is 1. The number of nitrogens with zero attached hydrogens (tertiary/aromatic N) is 4.